The molecular formula is C13H14BrN3S. The van der Waals surface area contributed by atoms with Crippen molar-refractivity contribution >= 4 is 33.4 Å². The van der Waals surface area contributed by atoms with Gasteiger partial charge in [-0.3, -0.25) is 0 Å². The van der Waals surface area contributed by atoms with Gasteiger partial charge in [-0.2, -0.15) is 0 Å². The van der Waals surface area contributed by atoms with Crippen LogP contribution in [0.25, 0.3) is 0 Å². The molecule has 0 aliphatic carbocycles. The van der Waals surface area contributed by atoms with Crippen LogP contribution in [0.3, 0.4) is 0 Å². The van der Waals surface area contributed by atoms with Gasteiger partial charge < -0.3 is 5.73 Å². The van der Waals surface area contributed by atoms with Crippen LogP contribution in [0, 0.1) is 13.8 Å². The predicted octanol–water partition coefficient (Wildman–Crippen LogP) is 3.73. The highest BCUT2D eigenvalue weighted by Crippen LogP contribution is 2.26. The number of nitrogens with two attached hydrogens (primary N) is 1. The van der Waals surface area contributed by atoms with E-state index < -0.39 is 0 Å². The summed E-state index contributed by atoms with van der Waals surface area (Å²) in [4.78, 5) is 8.82. The van der Waals surface area contributed by atoms with Gasteiger partial charge in [0.1, 0.15) is 0 Å². The molecule has 2 aromatic rings. The van der Waals surface area contributed by atoms with Crippen LogP contribution in [-0.2, 0) is 5.75 Å². The van der Waals surface area contributed by atoms with Crippen LogP contribution in [0.2, 0.25) is 0 Å². The number of nitrogen functional groups attached to an aromatic ring is 1. The minimum Gasteiger partial charge on any atom is -0.399 e. The van der Waals surface area contributed by atoms with Crippen LogP contribution in [0.1, 0.15) is 17.0 Å². The van der Waals surface area contributed by atoms with Crippen molar-refractivity contribution in [2.45, 2.75) is 24.8 Å². The van der Waals surface area contributed by atoms with E-state index >= 15 is 0 Å². The molecule has 2 rings (SSSR count). The van der Waals surface area contributed by atoms with Crippen molar-refractivity contribution in [1.29, 1.82) is 0 Å². The molecule has 94 valence electrons. The zero-order valence-corrected chi connectivity index (χ0v) is 12.7. The maximum absolute atomic E-state index is 5.71. The first-order chi connectivity index (χ1) is 8.54. The number of hydrogen-bond donors (Lipinski definition) is 1. The SMILES string of the molecule is Cc1cc(C)nc(SCc2ccc(N)cc2Br)n1. The van der Waals surface area contributed by atoms with Gasteiger partial charge in [-0.05, 0) is 37.6 Å². The summed E-state index contributed by atoms with van der Waals surface area (Å²) in [5, 5.41) is 0.816. The largest absolute Gasteiger partial charge is 0.399 e. The summed E-state index contributed by atoms with van der Waals surface area (Å²) < 4.78 is 1.03. The molecule has 18 heavy (non-hydrogen) atoms. The smallest absolute Gasteiger partial charge is 0.188 e. The Balaban J connectivity index is 2.11. The number of halogens is 1. The standard InChI is InChI=1S/C13H14BrN3S/c1-8-5-9(2)17-13(16-8)18-7-10-3-4-11(15)6-12(10)14/h3-6H,7,15H2,1-2H3. The molecule has 0 saturated heterocycles. The zero-order valence-electron chi connectivity index (χ0n) is 10.3. The highest BCUT2D eigenvalue weighted by atomic mass is 79.9. The average Bonchev–Trinajstić information content (AvgIpc) is 2.26. The first-order valence-corrected chi connectivity index (χ1v) is 7.31. The predicted molar refractivity (Wildman–Crippen MR) is 79.6 cm³/mol. The molecule has 1 heterocycles. The topological polar surface area (TPSA) is 51.8 Å². The van der Waals surface area contributed by atoms with Gasteiger partial charge in [0.05, 0.1) is 0 Å². The number of aryl methyl sites for hydroxylation is 2. The minimum absolute atomic E-state index is 0.762. The van der Waals surface area contributed by atoms with E-state index in [1.807, 2.05) is 38.1 Å². The lowest BCUT2D eigenvalue weighted by atomic mass is 10.2. The Hall–Kier alpha value is -1.07. The van der Waals surface area contributed by atoms with Crippen LogP contribution in [0.15, 0.2) is 33.9 Å². The highest BCUT2D eigenvalue weighted by molar-refractivity contribution is 9.10. The number of nitrogens with zero attached hydrogens (tertiary/aromatic N) is 2. The zero-order chi connectivity index (χ0) is 13.1. The fourth-order valence-electron chi connectivity index (χ4n) is 1.58. The second-order valence-corrected chi connectivity index (χ2v) is 5.87. The fraction of sp³-hybridized carbons (Fsp3) is 0.231. The Morgan fingerprint density at radius 3 is 2.44 bits per heavy atom. The Morgan fingerprint density at radius 1 is 1.17 bits per heavy atom. The van der Waals surface area contributed by atoms with Crippen molar-refractivity contribution in [2.24, 2.45) is 0 Å². The lowest BCUT2D eigenvalue weighted by Gasteiger charge is -2.06. The second-order valence-electron chi connectivity index (χ2n) is 4.07. The summed E-state index contributed by atoms with van der Waals surface area (Å²) in [5.41, 5.74) is 9.67. The number of rotatable bonds is 3. The van der Waals surface area contributed by atoms with E-state index in [1.165, 1.54) is 5.56 Å². The van der Waals surface area contributed by atoms with Crippen LogP contribution in [0.5, 0.6) is 0 Å². The molecule has 0 fully saturated rings. The first-order valence-electron chi connectivity index (χ1n) is 5.53. The van der Waals surface area contributed by atoms with Crippen molar-refractivity contribution in [3.05, 3.63) is 45.7 Å². The van der Waals surface area contributed by atoms with E-state index in [1.54, 1.807) is 11.8 Å². The molecule has 0 saturated carbocycles. The van der Waals surface area contributed by atoms with E-state index in [0.717, 1.165) is 32.5 Å². The number of thioether (sulfide) groups is 1. The van der Waals surface area contributed by atoms with Crippen LogP contribution in [-0.4, -0.2) is 9.97 Å². The first kappa shape index (κ1) is 13.4. The van der Waals surface area contributed by atoms with E-state index in [4.69, 9.17) is 5.73 Å². The highest BCUT2D eigenvalue weighted by Gasteiger charge is 2.04. The van der Waals surface area contributed by atoms with Crippen LogP contribution < -0.4 is 5.73 Å². The fourth-order valence-corrected chi connectivity index (χ4v) is 3.26. The van der Waals surface area contributed by atoms with E-state index in [0.29, 0.717) is 0 Å². The summed E-state index contributed by atoms with van der Waals surface area (Å²) in [5.74, 6) is 0.823. The van der Waals surface area contributed by atoms with Crippen LogP contribution in [0.4, 0.5) is 5.69 Å². The third-order valence-electron chi connectivity index (χ3n) is 2.40. The van der Waals surface area contributed by atoms with Crippen molar-refractivity contribution in [3.8, 4) is 0 Å². The molecule has 1 aromatic carbocycles. The van der Waals surface area contributed by atoms with Gasteiger partial charge >= 0.3 is 0 Å². The maximum Gasteiger partial charge on any atom is 0.188 e. The Labute approximate surface area is 119 Å². The minimum atomic E-state index is 0.762. The summed E-state index contributed by atoms with van der Waals surface area (Å²) in [6.45, 7) is 3.97. The monoisotopic (exact) mass is 323 g/mol. The van der Waals surface area contributed by atoms with E-state index in [-0.39, 0.29) is 0 Å². The molecule has 0 amide bonds. The van der Waals surface area contributed by atoms with Crippen molar-refractivity contribution < 1.29 is 0 Å². The Kier molecular flexibility index (Phi) is 4.24. The van der Waals surface area contributed by atoms with Gasteiger partial charge in [0, 0.05) is 27.3 Å². The molecule has 0 spiro atoms. The number of anilines is 1. The normalized spacial score (nSPS) is 10.6. The molecule has 0 radical (unpaired) electrons. The molecule has 0 unspecified atom stereocenters. The van der Waals surface area contributed by atoms with Gasteiger partial charge in [-0.1, -0.05) is 33.8 Å². The molecule has 0 atom stereocenters. The summed E-state index contributed by atoms with van der Waals surface area (Å²) >= 11 is 5.14. The van der Waals surface area contributed by atoms with E-state index in [2.05, 4.69) is 25.9 Å². The number of benzene rings is 1. The molecule has 5 heteroatoms. The number of aromatic nitrogens is 2. The summed E-state index contributed by atoms with van der Waals surface area (Å²) in [7, 11) is 0. The van der Waals surface area contributed by atoms with Gasteiger partial charge in [0.2, 0.25) is 0 Å². The summed E-state index contributed by atoms with van der Waals surface area (Å²) in [6.07, 6.45) is 0. The Morgan fingerprint density at radius 2 is 1.83 bits per heavy atom. The molecule has 0 aliphatic heterocycles. The third-order valence-corrected chi connectivity index (χ3v) is 4.03. The maximum atomic E-state index is 5.71. The quantitative estimate of drug-likeness (QED) is 0.531. The van der Waals surface area contributed by atoms with Gasteiger partial charge in [0.25, 0.3) is 0 Å². The van der Waals surface area contributed by atoms with Crippen molar-refractivity contribution in [3.63, 3.8) is 0 Å². The van der Waals surface area contributed by atoms with E-state index in [9.17, 15) is 0 Å². The molecule has 1 aromatic heterocycles. The van der Waals surface area contributed by atoms with Gasteiger partial charge in [0.15, 0.2) is 5.16 Å². The Bertz CT molecular complexity index is 552. The number of hydrogen-bond acceptors (Lipinski definition) is 4. The lowest BCUT2D eigenvalue weighted by Crippen LogP contribution is -1.94. The van der Waals surface area contributed by atoms with Gasteiger partial charge in [-0.25, -0.2) is 9.97 Å². The molecule has 0 bridgehead atoms. The summed E-state index contributed by atoms with van der Waals surface area (Å²) in [6, 6.07) is 7.82. The lowest BCUT2D eigenvalue weighted by molar-refractivity contribution is 0.902. The van der Waals surface area contributed by atoms with Gasteiger partial charge in [-0.15, -0.1) is 0 Å². The molecule has 2 N–H and O–H groups in total. The molecule has 3 nitrogen and oxygen atoms in total. The van der Waals surface area contributed by atoms with Crippen molar-refractivity contribution in [2.75, 3.05) is 5.73 Å². The average molecular weight is 324 g/mol. The molecule has 0 aliphatic rings. The second kappa shape index (κ2) is 5.71. The van der Waals surface area contributed by atoms with Crippen molar-refractivity contribution in [1.82, 2.24) is 9.97 Å². The van der Waals surface area contributed by atoms with Crippen LogP contribution >= 0.6 is 27.7 Å². The molecular weight excluding hydrogens is 310 g/mol. The third kappa shape index (κ3) is 3.46.